The predicted octanol–water partition coefficient (Wildman–Crippen LogP) is 2.61. The minimum atomic E-state index is -0.294. The van der Waals surface area contributed by atoms with Gasteiger partial charge >= 0.3 is 12.1 Å². The van der Waals surface area contributed by atoms with Gasteiger partial charge in [-0.15, -0.1) is 5.10 Å². The van der Waals surface area contributed by atoms with Gasteiger partial charge in [0.1, 0.15) is 0 Å². The Kier molecular flexibility index (Phi) is 5.73. The number of urea groups is 1. The summed E-state index contributed by atoms with van der Waals surface area (Å²) in [5.41, 5.74) is 0.923. The summed E-state index contributed by atoms with van der Waals surface area (Å²) in [7, 11) is 0. The molecule has 26 heavy (non-hydrogen) atoms. The number of carbonyl (C=O) groups excluding carboxylic acids is 2. The van der Waals surface area contributed by atoms with Gasteiger partial charge in [0.05, 0.1) is 12.3 Å². The zero-order chi connectivity index (χ0) is 18.4. The van der Waals surface area contributed by atoms with Crippen molar-refractivity contribution in [2.24, 2.45) is 0 Å². The van der Waals surface area contributed by atoms with Gasteiger partial charge < -0.3 is 15.0 Å². The highest BCUT2D eigenvalue weighted by atomic mass is 16.6. The van der Waals surface area contributed by atoms with E-state index >= 15 is 0 Å². The van der Waals surface area contributed by atoms with Crippen LogP contribution in [0.4, 0.5) is 15.4 Å². The van der Waals surface area contributed by atoms with Crippen LogP contribution in [0.1, 0.15) is 19.8 Å². The van der Waals surface area contributed by atoms with Crippen LogP contribution in [0.3, 0.4) is 0 Å². The predicted molar refractivity (Wildman–Crippen MR) is 97.3 cm³/mol. The SMILES string of the molecule is CCOC(=O)N1CCC(NC(=O)Nc2ccn(-c3ccccc3)n2)CC1. The smallest absolute Gasteiger partial charge is 0.409 e. The Bertz CT molecular complexity index is 738. The van der Waals surface area contributed by atoms with E-state index in [1.54, 1.807) is 28.8 Å². The average Bonchev–Trinajstić information content (AvgIpc) is 3.11. The number of hydrogen-bond acceptors (Lipinski definition) is 4. The molecule has 0 unspecified atom stereocenters. The van der Waals surface area contributed by atoms with Crippen molar-refractivity contribution in [2.45, 2.75) is 25.8 Å². The molecule has 0 spiro atoms. The first-order valence-corrected chi connectivity index (χ1v) is 8.76. The summed E-state index contributed by atoms with van der Waals surface area (Å²) in [5.74, 6) is 0.482. The molecule has 0 bridgehead atoms. The number of anilines is 1. The lowest BCUT2D eigenvalue weighted by Crippen LogP contribution is -2.47. The number of nitrogens with one attached hydrogen (secondary N) is 2. The Labute approximate surface area is 152 Å². The van der Waals surface area contributed by atoms with Crippen LogP contribution in [-0.2, 0) is 4.74 Å². The molecule has 0 atom stereocenters. The standard InChI is InChI=1S/C18H23N5O3/c1-2-26-18(25)22-11-8-14(9-12-22)19-17(24)20-16-10-13-23(21-16)15-6-4-3-5-7-15/h3-7,10,13-14H,2,8-9,11-12H2,1H3,(H2,19,20,21,24). The van der Waals surface area contributed by atoms with E-state index in [0.717, 1.165) is 5.69 Å². The van der Waals surface area contributed by atoms with Gasteiger partial charge in [-0.25, -0.2) is 14.3 Å². The van der Waals surface area contributed by atoms with E-state index in [0.29, 0.717) is 38.4 Å². The zero-order valence-corrected chi connectivity index (χ0v) is 14.7. The lowest BCUT2D eigenvalue weighted by atomic mass is 10.1. The summed E-state index contributed by atoms with van der Waals surface area (Å²) >= 11 is 0. The Morgan fingerprint density at radius 2 is 1.92 bits per heavy atom. The molecule has 8 heteroatoms. The first-order chi connectivity index (χ1) is 12.7. The topological polar surface area (TPSA) is 88.5 Å². The van der Waals surface area contributed by atoms with Gasteiger partial charge in [0.2, 0.25) is 0 Å². The second-order valence-corrected chi connectivity index (χ2v) is 6.04. The minimum absolute atomic E-state index is 0.0249. The van der Waals surface area contributed by atoms with Gasteiger partial charge in [-0.3, -0.25) is 5.32 Å². The van der Waals surface area contributed by atoms with Crippen LogP contribution in [-0.4, -0.2) is 52.5 Å². The zero-order valence-electron chi connectivity index (χ0n) is 14.7. The van der Waals surface area contributed by atoms with Crippen molar-refractivity contribution in [1.29, 1.82) is 0 Å². The van der Waals surface area contributed by atoms with E-state index in [-0.39, 0.29) is 18.2 Å². The van der Waals surface area contributed by atoms with Crippen LogP contribution in [0.2, 0.25) is 0 Å². The molecule has 1 aromatic carbocycles. The van der Waals surface area contributed by atoms with Crippen molar-refractivity contribution in [1.82, 2.24) is 20.0 Å². The van der Waals surface area contributed by atoms with Gasteiger partial charge in [-0.05, 0) is 31.9 Å². The molecule has 0 saturated carbocycles. The molecular formula is C18H23N5O3. The highest BCUT2D eigenvalue weighted by molar-refractivity contribution is 5.88. The summed E-state index contributed by atoms with van der Waals surface area (Å²) in [6, 6.07) is 11.2. The first kappa shape index (κ1) is 17.8. The molecule has 3 amide bonds. The third-order valence-corrected chi connectivity index (χ3v) is 4.21. The first-order valence-electron chi connectivity index (χ1n) is 8.76. The Hall–Kier alpha value is -3.03. The van der Waals surface area contributed by atoms with E-state index in [1.165, 1.54) is 0 Å². The number of ether oxygens (including phenoxy) is 1. The molecule has 1 fully saturated rings. The lowest BCUT2D eigenvalue weighted by molar-refractivity contribution is 0.0959. The molecule has 0 radical (unpaired) electrons. The number of nitrogens with zero attached hydrogens (tertiary/aromatic N) is 3. The highest BCUT2D eigenvalue weighted by Crippen LogP contribution is 2.13. The number of hydrogen-bond donors (Lipinski definition) is 2. The number of aromatic nitrogens is 2. The van der Waals surface area contributed by atoms with Crippen LogP contribution in [0.25, 0.3) is 5.69 Å². The quantitative estimate of drug-likeness (QED) is 0.880. The normalized spacial score (nSPS) is 14.7. The number of amides is 3. The average molecular weight is 357 g/mol. The van der Waals surface area contributed by atoms with E-state index in [2.05, 4.69) is 15.7 Å². The Morgan fingerprint density at radius 1 is 1.19 bits per heavy atom. The van der Waals surface area contributed by atoms with E-state index in [9.17, 15) is 9.59 Å². The summed E-state index contributed by atoms with van der Waals surface area (Å²) in [5, 5.41) is 10.0. The molecule has 8 nitrogen and oxygen atoms in total. The maximum Gasteiger partial charge on any atom is 0.409 e. The summed E-state index contributed by atoms with van der Waals surface area (Å²) < 4.78 is 6.69. The molecule has 1 aromatic heterocycles. The molecule has 2 N–H and O–H groups in total. The molecule has 1 aliphatic heterocycles. The van der Waals surface area contributed by atoms with Gasteiger partial charge in [-0.1, -0.05) is 18.2 Å². The highest BCUT2D eigenvalue weighted by Gasteiger charge is 2.24. The fourth-order valence-corrected chi connectivity index (χ4v) is 2.87. The van der Waals surface area contributed by atoms with Gasteiger partial charge in [0.25, 0.3) is 0 Å². The molecule has 3 rings (SSSR count). The van der Waals surface area contributed by atoms with Crippen molar-refractivity contribution in [3.63, 3.8) is 0 Å². The molecule has 138 valence electrons. The van der Waals surface area contributed by atoms with E-state index < -0.39 is 0 Å². The van der Waals surface area contributed by atoms with E-state index in [4.69, 9.17) is 4.74 Å². The Morgan fingerprint density at radius 3 is 2.62 bits per heavy atom. The number of carbonyl (C=O) groups is 2. The molecule has 1 saturated heterocycles. The van der Waals surface area contributed by atoms with Crippen molar-refractivity contribution < 1.29 is 14.3 Å². The third kappa shape index (κ3) is 4.53. The maximum absolute atomic E-state index is 12.2. The number of piperidine rings is 1. The molecular weight excluding hydrogens is 334 g/mol. The Balaban J connectivity index is 1.47. The van der Waals surface area contributed by atoms with Gasteiger partial charge in [-0.2, -0.15) is 0 Å². The van der Waals surface area contributed by atoms with Crippen LogP contribution in [0.15, 0.2) is 42.6 Å². The molecule has 2 heterocycles. The number of benzene rings is 1. The second kappa shape index (κ2) is 8.37. The van der Waals surface area contributed by atoms with Gasteiger partial charge in [0, 0.05) is 31.4 Å². The van der Waals surface area contributed by atoms with Crippen LogP contribution >= 0.6 is 0 Å². The largest absolute Gasteiger partial charge is 0.450 e. The van der Waals surface area contributed by atoms with Crippen LogP contribution in [0.5, 0.6) is 0 Å². The fraction of sp³-hybridized carbons (Fsp3) is 0.389. The number of likely N-dealkylation sites (tertiary alicyclic amines) is 1. The summed E-state index contributed by atoms with van der Waals surface area (Å²) in [6.07, 6.45) is 2.90. The monoisotopic (exact) mass is 357 g/mol. The van der Waals surface area contributed by atoms with Crippen molar-refractivity contribution >= 4 is 17.9 Å². The number of para-hydroxylation sites is 1. The van der Waals surface area contributed by atoms with Crippen molar-refractivity contribution in [2.75, 3.05) is 25.0 Å². The summed E-state index contributed by atoms with van der Waals surface area (Å²) in [6.45, 7) is 3.31. The number of rotatable bonds is 4. The van der Waals surface area contributed by atoms with Crippen molar-refractivity contribution in [3.05, 3.63) is 42.6 Å². The lowest BCUT2D eigenvalue weighted by Gasteiger charge is -2.31. The molecule has 1 aliphatic rings. The second-order valence-electron chi connectivity index (χ2n) is 6.04. The van der Waals surface area contributed by atoms with Crippen molar-refractivity contribution in [3.8, 4) is 5.69 Å². The third-order valence-electron chi connectivity index (χ3n) is 4.21. The fourth-order valence-electron chi connectivity index (χ4n) is 2.87. The minimum Gasteiger partial charge on any atom is -0.450 e. The molecule has 0 aliphatic carbocycles. The van der Waals surface area contributed by atoms with Gasteiger partial charge in [0.15, 0.2) is 5.82 Å². The summed E-state index contributed by atoms with van der Waals surface area (Å²) in [4.78, 5) is 25.5. The molecule has 2 aromatic rings. The van der Waals surface area contributed by atoms with E-state index in [1.807, 2.05) is 30.3 Å². The van der Waals surface area contributed by atoms with Crippen LogP contribution < -0.4 is 10.6 Å². The van der Waals surface area contributed by atoms with Crippen LogP contribution in [0, 0.1) is 0 Å². The maximum atomic E-state index is 12.2.